The number of ether oxygens (including phenoxy) is 1. The van der Waals surface area contributed by atoms with E-state index >= 15 is 0 Å². The lowest BCUT2D eigenvalue weighted by Crippen LogP contribution is -2.29. The Balaban J connectivity index is 1.75. The highest BCUT2D eigenvalue weighted by atomic mass is 19.1. The minimum Gasteiger partial charge on any atom is -0.439 e. The van der Waals surface area contributed by atoms with Crippen LogP contribution >= 0.6 is 0 Å². The molecule has 0 spiro atoms. The van der Waals surface area contributed by atoms with Gasteiger partial charge in [-0.25, -0.2) is 9.37 Å². The number of aliphatic hydroxyl groups excluding tert-OH is 1. The summed E-state index contributed by atoms with van der Waals surface area (Å²) in [5.41, 5.74) is 6.83. The lowest BCUT2D eigenvalue weighted by atomic mass is 10.2. The molecule has 0 aliphatic carbocycles. The number of pyridine rings is 1. The van der Waals surface area contributed by atoms with Crippen LogP contribution in [0.1, 0.15) is 15.9 Å². The van der Waals surface area contributed by atoms with Crippen molar-refractivity contribution < 1.29 is 19.0 Å². The molecule has 0 radical (unpaired) electrons. The fraction of sp³-hybridized carbons (Fsp3) is 0.294. The summed E-state index contributed by atoms with van der Waals surface area (Å²) >= 11 is 0. The van der Waals surface area contributed by atoms with Gasteiger partial charge in [-0.2, -0.15) is 0 Å². The van der Waals surface area contributed by atoms with Gasteiger partial charge in [-0.3, -0.25) is 4.79 Å². The first-order valence-electron chi connectivity index (χ1n) is 7.61. The molecule has 2 heterocycles. The van der Waals surface area contributed by atoms with Crippen LogP contribution in [0.15, 0.2) is 42.6 Å². The van der Waals surface area contributed by atoms with Crippen molar-refractivity contribution in [2.45, 2.75) is 18.8 Å². The average Bonchev–Trinajstić information content (AvgIpc) is 2.93. The van der Waals surface area contributed by atoms with Crippen molar-refractivity contribution in [2.75, 3.05) is 13.1 Å². The van der Waals surface area contributed by atoms with Crippen LogP contribution in [-0.4, -0.2) is 46.3 Å². The van der Waals surface area contributed by atoms with Gasteiger partial charge < -0.3 is 20.5 Å². The zero-order chi connectivity index (χ0) is 17.1. The minimum atomic E-state index is -1.41. The van der Waals surface area contributed by atoms with E-state index in [1.807, 2.05) is 0 Å². The van der Waals surface area contributed by atoms with E-state index in [9.17, 15) is 14.3 Å². The number of nitrogens with two attached hydrogens (primary N) is 1. The number of halogens is 1. The Morgan fingerprint density at radius 2 is 2.21 bits per heavy atom. The molecule has 0 saturated carbocycles. The number of benzene rings is 1. The summed E-state index contributed by atoms with van der Waals surface area (Å²) in [6.07, 6.45) is -0.937. The van der Waals surface area contributed by atoms with Crippen LogP contribution in [0.2, 0.25) is 0 Å². The van der Waals surface area contributed by atoms with Crippen LogP contribution in [0.3, 0.4) is 0 Å². The van der Waals surface area contributed by atoms with E-state index in [4.69, 9.17) is 10.5 Å². The zero-order valence-electron chi connectivity index (χ0n) is 12.9. The fourth-order valence-corrected chi connectivity index (χ4v) is 2.54. The molecule has 0 bridgehead atoms. The highest BCUT2D eigenvalue weighted by Gasteiger charge is 2.34. The second kappa shape index (κ2) is 6.94. The number of aliphatic hydroxyl groups is 1. The molecule has 0 unspecified atom stereocenters. The maximum absolute atomic E-state index is 13.4. The first-order valence-corrected chi connectivity index (χ1v) is 7.61. The molecular formula is C17H18FN3O3. The van der Waals surface area contributed by atoms with E-state index in [-0.39, 0.29) is 19.0 Å². The molecule has 1 amide bonds. The molecule has 6 nitrogen and oxygen atoms in total. The summed E-state index contributed by atoms with van der Waals surface area (Å²) in [6, 6.07) is 10.1. The Morgan fingerprint density at radius 1 is 1.38 bits per heavy atom. The van der Waals surface area contributed by atoms with E-state index in [1.165, 1.54) is 4.90 Å². The predicted molar refractivity (Wildman–Crippen MR) is 85.5 cm³/mol. The van der Waals surface area contributed by atoms with Gasteiger partial charge in [0, 0.05) is 30.9 Å². The number of hydrogen-bond acceptors (Lipinski definition) is 5. The zero-order valence-corrected chi connectivity index (χ0v) is 12.9. The summed E-state index contributed by atoms with van der Waals surface area (Å²) in [7, 11) is 0. The largest absolute Gasteiger partial charge is 0.439 e. The van der Waals surface area contributed by atoms with Crippen LogP contribution in [-0.2, 0) is 6.54 Å². The number of likely N-dealkylation sites (tertiary alicyclic amines) is 1. The van der Waals surface area contributed by atoms with Crippen molar-refractivity contribution >= 4 is 5.91 Å². The molecule has 3 rings (SSSR count). The summed E-state index contributed by atoms with van der Waals surface area (Å²) in [4.78, 5) is 17.8. The second-order valence-electron chi connectivity index (χ2n) is 5.63. The highest BCUT2D eigenvalue weighted by Crippen LogP contribution is 2.23. The van der Waals surface area contributed by atoms with Crippen molar-refractivity contribution in [2.24, 2.45) is 5.73 Å². The molecule has 1 aromatic heterocycles. The van der Waals surface area contributed by atoms with Gasteiger partial charge in [0.2, 0.25) is 5.88 Å². The molecule has 1 aliphatic heterocycles. The van der Waals surface area contributed by atoms with Gasteiger partial charge in [0.25, 0.3) is 5.91 Å². The van der Waals surface area contributed by atoms with Crippen molar-refractivity contribution in [3.05, 3.63) is 53.7 Å². The molecule has 3 N–H and O–H groups in total. The van der Waals surface area contributed by atoms with Gasteiger partial charge in [0.05, 0.1) is 6.54 Å². The van der Waals surface area contributed by atoms with Crippen LogP contribution in [0.25, 0.3) is 0 Å². The van der Waals surface area contributed by atoms with Crippen LogP contribution in [0.5, 0.6) is 11.6 Å². The maximum atomic E-state index is 13.4. The molecule has 1 aromatic carbocycles. The van der Waals surface area contributed by atoms with Crippen LogP contribution < -0.4 is 10.5 Å². The van der Waals surface area contributed by atoms with Crippen LogP contribution in [0, 0.1) is 0 Å². The predicted octanol–water partition coefficient (Wildman–Crippen LogP) is 1.49. The Kier molecular flexibility index (Phi) is 4.73. The molecule has 126 valence electrons. The third-order valence-electron chi connectivity index (χ3n) is 3.85. The molecular weight excluding hydrogens is 313 g/mol. The Hall–Kier alpha value is -2.51. The number of carbonyl (C=O) groups is 1. The molecule has 24 heavy (non-hydrogen) atoms. The summed E-state index contributed by atoms with van der Waals surface area (Å²) < 4.78 is 19.1. The number of nitrogens with zero attached hydrogens (tertiary/aromatic N) is 2. The number of β-amino-alcohol motifs (C(OH)–C–C–N with tert-alkyl or cyclic N) is 1. The first-order chi connectivity index (χ1) is 11.6. The maximum Gasteiger partial charge on any atom is 0.254 e. The molecule has 7 heteroatoms. The van der Waals surface area contributed by atoms with Gasteiger partial charge in [0.15, 0.2) is 0 Å². The molecule has 1 aliphatic rings. The monoisotopic (exact) mass is 331 g/mol. The number of hydrogen-bond donors (Lipinski definition) is 2. The van der Waals surface area contributed by atoms with E-state index in [2.05, 4.69) is 4.98 Å². The minimum absolute atomic E-state index is 0.00874. The molecule has 2 aromatic rings. The van der Waals surface area contributed by atoms with Crippen molar-refractivity contribution in [3.63, 3.8) is 0 Å². The van der Waals surface area contributed by atoms with E-state index < -0.39 is 12.3 Å². The number of rotatable bonds is 4. The van der Waals surface area contributed by atoms with Crippen molar-refractivity contribution in [1.29, 1.82) is 0 Å². The fourth-order valence-electron chi connectivity index (χ4n) is 2.54. The lowest BCUT2D eigenvalue weighted by Gasteiger charge is -2.15. The average molecular weight is 331 g/mol. The Labute approximate surface area is 138 Å². The number of carbonyl (C=O) groups excluding carboxylic acids is 1. The standard InChI is InChI=1S/C17H18FN3O3/c18-14-9-21(10-15(14)22)17(23)12-2-1-3-13(7-12)24-16-6-11(8-19)4-5-20-16/h1-7,14-15,22H,8-10,19H2/t14-,15-/m1/s1. The third-order valence-corrected chi connectivity index (χ3v) is 3.85. The highest BCUT2D eigenvalue weighted by molar-refractivity contribution is 5.94. The van der Waals surface area contributed by atoms with E-state index in [1.54, 1.807) is 42.6 Å². The normalized spacial score (nSPS) is 20.2. The lowest BCUT2D eigenvalue weighted by molar-refractivity contribution is 0.0764. The summed E-state index contributed by atoms with van der Waals surface area (Å²) in [5, 5.41) is 9.45. The van der Waals surface area contributed by atoms with Crippen molar-refractivity contribution in [1.82, 2.24) is 9.88 Å². The Bertz CT molecular complexity index is 731. The van der Waals surface area contributed by atoms with Gasteiger partial charge in [0.1, 0.15) is 18.0 Å². The summed E-state index contributed by atoms with van der Waals surface area (Å²) in [5.74, 6) is 0.477. The van der Waals surface area contributed by atoms with Crippen molar-refractivity contribution in [3.8, 4) is 11.6 Å². The van der Waals surface area contributed by atoms with Gasteiger partial charge >= 0.3 is 0 Å². The third kappa shape index (κ3) is 3.52. The van der Waals surface area contributed by atoms with Gasteiger partial charge in [-0.05, 0) is 29.8 Å². The Morgan fingerprint density at radius 3 is 2.92 bits per heavy atom. The van der Waals surface area contributed by atoms with Crippen LogP contribution in [0.4, 0.5) is 4.39 Å². The molecule has 1 fully saturated rings. The summed E-state index contributed by atoms with van der Waals surface area (Å²) in [6.45, 7) is 0.259. The molecule has 2 atom stereocenters. The second-order valence-corrected chi connectivity index (χ2v) is 5.63. The van der Waals surface area contributed by atoms with E-state index in [0.29, 0.717) is 23.7 Å². The van der Waals surface area contributed by atoms with Gasteiger partial charge in [-0.1, -0.05) is 6.07 Å². The molecule has 1 saturated heterocycles. The SMILES string of the molecule is NCc1ccnc(Oc2cccc(C(=O)N3C[C@@H](O)[C@H](F)C3)c2)c1. The van der Waals surface area contributed by atoms with Gasteiger partial charge in [-0.15, -0.1) is 0 Å². The smallest absolute Gasteiger partial charge is 0.254 e. The first kappa shape index (κ1) is 16.4. The number of aromatic nitrogens is 1. The topological polar surface area (TPSA) is 88.7 Å². The number of amides is 1. The quantitative estimate of drug-likeness (QED) is 0.886. The number of alkyl halides is 1. The van der Waals surface area contributed by atoms with E-state index in [0.717, 1.165) is 5.56 Å².